The zero-order chi connectivity index (χ0) is 20.3. The SMILES string of the molecule is CCc1ccc(N2C(=O)C(c3ccccc3OC)=C(N(C)CCO)C2=O)cc1. The van der Waals surface area contributed by atoms with Gasteiger partial charge in [-0.05, 0) is 30.2 Å². The summed E-state index contributed by atoms with van der Waals surface area (Å²) in [4.78, 5) is 29.4. The standard InChI is InChI=1S/C22H24N2O4/c1-4-15-9-11-16(12-10-15)24-21(26)19(17-7-5-6-8-18(17)28-3)20(22(24)27)23(2)13-14-25/h5-12,25H,4,13-14H2,1-3H3. The summed E-state index contributed by atoms with van der Waals surface area (Å²) in [5.74, 6) is -0.304. The van der Waals surface area contributed by atoms with Crippen molar-refractivity contribution < 1.29 is 19.4 Å². The second-order valence-corrected chi connectivity index (χ2v) is 6.53. The highest BCUT2D eigenvalue weighted by atomic mass is 16.5. The van der Waals surface area contributed by atoms with Crippen LogP contribution in [0.4, 0.5) is 5.69 Å². The third-order valence-corrected chi connectivity index (χ3v) is 4.86. The largest absolute Gasteiger partial charge is 0.496 e. The molecular weight excluding hydrogens is 356 g/mol. The number of para-hydroxylation sites is 1. The molecule has 0 fully saturated rings. The highest BCUT2D eigenvalue weighted by Crippen LogP contribution is 2.37. The van der Waals surface area contributed by atoms with Crippen LogP contribution in [-0.2, 0) is 16.0 Å². The van der Waals surface area contributed by atoms with Crippen LogP contribution in [0.5, 0.6) is 5.75 Å². The van der Waals surface area contributed by atoms with E-state index in [1.165, 1.54) is 12.0 Å². The minimum Gasteiger partial charge on any atom is -0.496 e. The number of anilines is 1. The third-order valence-electron chi connectivity index (χ3n) is 4.86. The molecule has 0 aliphatic carbocycles. The van der Waals surface area contributed by atoms with Crippen LogP contribution in [0.2, 0.25) is 0 Å². The molecule has 1 heterocycles. The van der Waals surface area contributed by atoms with Crippen LogP contribution in [0, 0.1) is 0 Å². The molecule has 0 unspecified atom stereocenters. The van der Waals surface area contributed by atoms with Crippen LogP contribution < -0.4 is 9.64 Å². The van der Waals surface area contributed by atoms with Gasteiger partial charge in [0.25, 0.3) is 11.8 Å². The van der Waals surface area contributed by atoms with Crippen molar-refractivity contribution in [3.8, 4) is 5.75 Å². The fourth-order valence-corrected chi connectivity index (χ4v) is 3.34. The van der Waals surface area contributed by atoms with Crippen LogP contribution in [-0.4, -0.2) is 49.1 Å². The van der Waals surface area contributed by atoms with Crippen molar-refractivity contribution in [3.63, 3.8) is 0 Å². The van der Waals surface area contributed by atoms with Gasteiger partial charge in [0.2, 0.25) is 0 Å². The van der Waals surface area contributed by atoms with Gasteiger partial charge in [-0.1, -0.05) is 37.3 Å². The van der Waals surface area contributed by atoms with E-state index < -0.39 is 11.8 Å². The molecule has 0 radical (unpaired) electrons. The topological polar surface area (TPSA) is 70.1 Å². The second kappa shape index (κ2) is 8.27. The molecule has 2 amide bonds. The number of aliphatic hydroxyl groups excluding tert-OH is 1. The molecule has 1 N–H and O–H groups in total. The minimum absolute atomic E-state index is 0.133. The smallest absolute Gasteiger partial charge is 0.282 e. The number of aliphatic hydroxyl groups is 1. The number of imide groups is 1. The molecule has 1 aliphatic heterocycles. The van der Waals surface area contributed by atoms with Crippen LogP contribution in [0.1, 0.15) is 18.1 Å². The number of hydrogen-bond acceptors (Lipinski definition) is 5. The lowest BCUT2D eigenvalue weighted by molar-refractivity contribution is -0.120. The number of hydrogen-bond donors (Lipinski definition) is 1. The number of ether oxygens (including phenoxy) is 1. The highest BCUT2D eigenvalue weighted by Gasteiger charge is 2.42. The van der Waals surface area contributed by atoms with Crippen molar-refractivity contribution in [2.45, 2.75) is 13.3 Å². The van der Waals surface area contributed by atoms with Gasteiger partial charge in [0.05, 0.1) is 25.0 Å². The Balaban J connectivity index is 2.13. The Morgan fingerprint density at radius 1 is 1.04 bits per heavy atom. The molecule has 0 bridgehead atoms. The van der Waals surface area contributed by atoms with E-state index in [0.29, 0.717) is 17.0 Å². The Hall–Kier alpha value is -3.12. The van der Waals surface area contributed by atoms with Crippen molar-refractivity contribution in [2.75, 3.05) is 32.2 Å². The molecule has 0 saturated carbocycles. The number of likely N-dealkylation sites (N-methyl/N-ethyl adjacent to an activating group) is 1. The molecule has 0 aromatic heterocycles. The summed E-state index contributed by atoms with van der Waals surface area (Å²) in [6.07, 6.45) is 0.872. The average Bonchev–Trinajstić information content (AvgIpc) is 2.98. The van der Waals surface area contributed by atoms with Gasteiger partial charge < -0.3 is 14.7 Å². The molecule has 28 heavy (non-hydrogen) atoms. The summed E-state index contributed by atoms with van der Waals surface area (Å²) in [7, 11) is 3.22. The number of amides is 2. The first-order chi connectivity index (χ1) is 13.5. The Kier molecular flexibility index (Phi) is 5.80. The number of rotatable bonds is 7. The van der Waals surface area contributed by atoms with Crippen LogP contribution in [0.25, 0.3) is 5.57 Å². The summed E-state index contributed by atoms with van der Waals surface area (Å²) in [5.41, 5.74) is 2.72. The Bertz CT molecular complexity index is 918. The van der Waals surface area contributed by atoms with E-state index in [2.05, 4.69) is 0 Å². The van der Waals surface area contributed by atoms with E-state index in [1.807, 2.05) is 25.1 Å². The number of nitrogens with zero attached hydrogens (tertiary/aromatic N) is 2. The number of aryl methyl sites for hydroxylation is 1. The van der Waals surface area contributed by atoms with Gasteiger partial charge >= 0.3 is 0 Å². The lowest BCUT2D eigenvalue weighted by Gasteiger charge is -2.20. The fourth-order valence-electron chi connectivity index (χ4n) is 3.34. The maximum absolute atomic E-state index is 13.4. The fraction of sp³-hybridized carbons (Fsp3) is 0.273. The quantitative estimate of drug-likeness (QED) is 0.748. The molecule has 6 nitrogen and oxygen atoms in total. The molecule has 6 heteroatoms. The van der Waals surface area contributed by atoms with Crippen LogP contribution in [0.3, 0.4) is 0 Å². The van der Waals surface area contributed by atoms with Gasteiger partial charge in [0.1, 0.15) is 11.4 Å². The first kappa shape index (κ1) is 19.6. The highest BCUT2D eigenvalue weighted by molar-refractivity contribution is 6.45. The van der Waals surface area contributed by atoms with Crippen LogP contribution >= 0.6 is 0 Å². The molecule has 0 spiro atoms. The summed E-state index contributed by atoms with van der Waals surface area (Å²) < 4.78 is 5.42. The lowest BCUT2D eigenvalue weighted by Crippen LogP contribution is -2.34. The van der Waals surface area contributed by atoms with Gasteiger partial charge in [-0.3, -0.25) is 9.59 Å². The van der Waals surface area contributed by atoms with Crippen molar-refractivity contribution in [1.29, 1.82) is 0 Å². The van der Waals surface area contributed by atoms with E-state index >= 15 is 0 Å². The summed E-state index contributed by atoms with van der Waals surface area (Å²) in [6, 6.07) is 14.5. The van der Waals surface area contributed by atoms with Gasteiger partial charge in [-0.15, -0.1) is 0 Å². The predicted octanol–water partition coefficient (Wildman–Crippen LogP) is 2.47. The zero-order valence-corrected chi connectivity index (χ0v) is 16.3. The minimum atomic E-state index is -0.411. The van der Waals surface area contributed by atoms with Crippen molar-refractivity contribution >= 4 is 23.1 Å². The predicted molar refractivity (Wildman–Crippen MR) is 108 cm³/mol. The van der Waals surface area contributed by atoms with Crippen molar-refractivity contribution in [1.82, 2.24) is 4.90 Å². The number of benzene rings is 2. The summed E-state index contributed by atoms with van der Waals surface area (Å²) in [5, 5.41) is 9.35. The zero-order valence-electron chi connectivity index (χ0n) is 16.3. The lowest BCUT2D eigenvalue weighted by atomic mass is 10.0. The normalized spacial score (nSPS) is 14.1. The van der Waals surface area contributed by atoms with E-state index in [-0.39, 0.29) is 24.4 Å². The third kappa shape index (κ3) is 3.39. The maximum Gasteiger partial charge on any atom is 0.282 e. The molecule has 0 saturated heterocycles. The Morgan fingerprint density at radius 3 is 2.32 bits per heavy atom. The summed E-state index contributed by atoms with van der Waals surface area (Å²) in [6.45, 7) is 2.14. The molecule has 1 aliphatic rings. The molecule has 146 valence electrons. The first-order valence-corrected chi connectivity index (χ1v) is 9.20. The van der Waals surface area contributed by atoms with Crippen LogP contribution in [0.15, 0.2) is 54.2 Å². The summed E-state index contributed by atoms with van der Waals surface area (Å²) >= 11 is 0. The van der Waals surface area contributed by atoms with Gasteiger partial charge in [0, 0.05) is 19.2 Å². The van der Waals surface area contributed by atoms with Gasteiger partial charge in [0.15, 0.2) is 0 Å². The Labute approximate surface area is 164 Å². The van der Waals surface area contributed by atoms with E-state index in [0.717, 1.165) is 12.0 Å². The molecular formula is C22H24N2O4. The molecule has 0 atom stereocenters. The number of carbonyl (C=O) groups excluding carboxylic acids is 2. The number of methoxy groups -OCH3 is 1. The Morgan fingerprint density at radius 2 is 1.71 bits per heavy atom. The maximum atomic E-state index is 13.4. The van der Waals surface area contributed by atoms with Gasteiger partial charge in [-0.25, -0.2) is 4.90 Å². The van der Waals surface area contributed by atoms with E-state index in [9.17, 15) is 14.7 Å². The molecule has 2 aromatic rings. The van der Waals surface area contributed by atoms with E-state index in [1.54, 1.807) is 42.3 Å². The monoisotopic (exact) mass is 380 g/mol. The van der Waals surface area contributed by atoms with Gasteiger partial charge in [-0.2, -0.15) is 0 Å². The van der Waals surface area contributed by atoms with Crippen molar-refractivity contribution in [2.24, 2.45) is 0 Å². The van der Waals surface area contributed by atoms with Crippen molar-refractivity contribution in [3.05, 3.63) is 65.4 Å². The molecule has 2 aromatic carbocycles. The molecule has 3 rings (SSSR count). The second-order valence-electron chi connectivity index (χ2n) is 6.53. The first-order valence-electron chi connectivity index (χ1n) is 9.20. The van der Waals surface area contributed by atoms with E-state index in [4.69, 9.17) is 4.74 Å². The average molecular weight is 380 g/mol. The number of carbonyl (C=O) groups is 2.